The van der Waals surface area contributed by atoms with Crippen molar-refractivity contribution in [2.75, 3.05) is 28.3 Å². The number of carbonyl (C=O) groups excluding carboxylic acids is 3. The van der Waals surface area contributed by atoms with Crippen molar-refractivity contribution in [2.45, 2.75) is 38.5 Å². The summed E-state index contributed by atoms with van der Waals surface area (Å²) in [6, 6.07) is 14.7. The number of carbonyl (C=O) groups is 3. The van der Waals surface area contributed by atoms with Gasteiger partial charge in [-0.15, -0.1) is 0 Å². The van der Waals surface area contributed by atoms with Crippen molar-refractivity contribution < 1.29 is 14.4 Å². The lowest BCUT2D eigenvalue weighted by molar-refractivity contribution is -0.139. The third-order valence-corrected chi connectivity index (χ3v) is 6.99. The number of amides is 3. The average Bonchev–Trinajstić information content (AvgIpc) is 3.16. The zero-order valence-corrected chi connectivity index (χ0v) is 19.2. The lowest BCUT2D eigenvalue weighted by Crippen LogP contribution is -2.59. The van der Waals surface area contributed by atoms with Gasteiger partial charge in [-0.3, -0.25) is 19.8 Å². The molecule has 3 aliphatic rings. The maximum absolute atomic E-state index is 13.0. The van der Waals surface area contributed by atoms with Crippen molar-refractivity contribution in [3.63, 3.8) is 0 Å². The van der Waals surface area contributed by atoms with E-state index in [9.17, 15) is 14.4 Å². The van der Waals surface area contributed by atoms with Crippen LogP contribution in [0.4, 0.5) is 17.1 Å². The summed E-state index contributed by atoms with van der Waals surface area (Å²) < 4.78 is 0. The fraction of sp³-hybridized carbons (Fsp3) is 0.370. The highest BCUT2D eigenvalue weighted by atomic mass is 16.2. The minimum Gasteiger partial charge on any atom is -0.372 e. The number of benzene rings is 2. The number of hydrogen-bond donors (Lipinski definition) is 2. The summed E-state index contributed by atoms with van der Waals surface area (Å²) in [5.41, 5.74) is 5.51. The molecular formula is C27H30N4O3. The SMILES string of the molecule is O=C(Nc1ccc(N2CCCCCC2)cc1)c1cccc(N2NC(=O)C3CC=CCC3C2=O)c1. The first-order chi connectivity index (χ1) is 16.6. The Hall–Kier alpha value is -3.61. The van der Waals surface area contributed by atoms with Gasteiger partial charge in [0.1, 0.15) is 0 Å². The van der Waals surface area contributed by atoms with Crippen molar-refractivity contribution in [3.8, 4) is 0 Å². The second-order valence-corrected chi connectivity index (χ2v) is 9.26. The van der Waals surface area contributed by atoms with Gasteiger partial charge in [-0.25, -0.2) is 5.01 Å². The Kier molecular flexibility index (Phi) is 6.34. The van der Waals surface area contributed by atoms with Crippen LogP contribution >= 0.6 is 0 Å². The highest BCUT2D eigenvalue weighted by Crippen LogP contribution is 2.32. The van der Waals surface area contributed by atoms with Gasteiger partial charge in [0.25, 0.3) is 5.91 Å². The Morgan fingerprint density at radius 3 is 2.29 bits per heavy atom. The standard InChI is InChI=1S/C27H30N4O3/c32-25(28-20-12-14-21(15-13-20)30-16-5-1-2-6-17-30)19-8-7-9-22(18-19)31-27(34)24-11-4-3-10-23(24)26(33)29-31/h3-4,7-9,12-15,18,23-24H,1-2,5-6,10-11,16-17H2,(H,28,32)(H,29,33). The summed E-state index contributed by atoms with van der Waals surface area (Å²) in [5.74, 6) is -1.25. The first-order valence-corrected chi connectivity index (χ1v) is 12.2. The fourth-order valence-corrected chi connectivity index (χ4v) is 5.06. The maximum Gasteiger partial charge on any atom is 0.255 e. The van der Waals surface area contributed by atoms with E-state index in [1.807, 2.05) is 36.4 Å². The highest BCUT2D eigenvalue weighted by molar-refractivity contribution is 6.07. The number of nitrogens with one attached hydrogen (secondary N) is 2. The second kappa shape index (κ2) is 9.71. The molecule has 2 aliphatic heterocycles. The van der Waals surface area contributed by atoms with E-state index >= 15 is 0 Å². The maximum atomic E-state index is 13.0. The molecule has 2 aromatic rings. The minimum absolute atomic E-state index is 0.143. The van der Waals surface area contributed by atoms with Crippen molar-refractivity contribution in [3.05, 3.63) is 66.2 Å². The number of anilines is 3. The first-order valence-electron chi connectivity index (χ1n) is 12.2. The summed E-state index contributed by atoms with van der Waals surface area (Å²) in [7, 11) is 0. The van der Waals surface area contributed by atoms with Gasteiger partial charge < -0.3 is 10.2 Å². The van der Waals surface area contributed by atoms with E-state index in [4.69, 9.17) is 0 Å². The van der Waals surface area contributed by atoms with Crippen LogP contribution in [0.3, 0.4) is 0 Å². The van der Waals surface area contributed by atoms with Crippen LogP contribution in [0.25, 0.3) is 0 Å². The second-order valence-electron chi connectivity index (χ2n) is 9.26. The van der Waals surface area contributed by atoms with Crippen LogP contribution < -0.4 is 20.7 Å². The van der Waals surface area contributed by atoms with Crippen LogP contribution in [0.2, 0.25) is 0 Å². The Labute approximate surface area is 199 Å². The van der Waals surface area contributed by atoms with Gasteiger partial charge in [-0.2, -0.15) is 0 Å². The quantitative estimate of drug-likeness (QED) is 0.670. The number of hydrazine groups is 1. The number of fused-ring (bicyclic) bond motifs is 1. The molecule has 2 aromatic carbocycles. The molecule has 0 spiro atoms. The molecule has 0 saturated carbocycles. The molecule has 2 N–H and O–H groups in total. The van der Waals surface area contributed by atoms with E-state index in [0.717, 1.165) is 13.1 Å². The zero-order valence-electron chi connectivity index (χ0n) is 19.2. The molecule has 2 heterocycles. The van der Waals surface area contributed by atoms with E-state index in [2.05, 4.69) is 15.6 Å². The minimum atomic E-state index is -0.362. The lowest BCUT2D eigenvalue weighted by Gasteiger charge is -2.38. The van der Waals surface area contributed by atoms with E-state index in [1.54, 1.807) is 24.3 Å². The van der Waals surface area contributed by atoms with Crippen molar-refractivity contribution in [2.24, 2.45) is 11.8 Å². The van der Waals surface area contributed by atoms with E-state index in [1.165, 1.54) is 36.4 Å². The molecule has 176 valence electrons. The molecule has 2 saturated heterocycles. The van der Waals surface area contributed by atoms with Crippen LogP contribution in [-0.2, 0) is 9.59 Å². The monoisotopic (exact) mass is 458 g/mol. The van der Waals surface area contributed by atoms with Gasteiger partial charge in [0.05, 0.1) is 17.5 Å². The van der Waals surface area contributed by atoms with E-state index < -0.39 is 0 Å². The summed E-state index contributed by atoms with van der Waals surface area (Å²) in [6.45, 7) is 2.14. The van der Waals surface area contributed by atoms with Gasteiger partial charge in [-0.1, -0.05) is 31.1 Å². The molecule has 3 amide bonds. The van der Waals surface area contributed by atoms with Gasteiger partial charge in [-0.05, 0) is 68.1 Å². The van der Waals surface area contributed by atoms with Gasteiger partial charge in [0.2, 0.25) is 11.8 Å². The Bertz CT molecular complexity index is 1100. The molecule has 2 atom stereocenters. The zero-order chi connectivity index (χ0) is 23.5. The summed E-state index contributed by atoms with van der Waals surface area (Å²) in [6.07, 6.45) is 10.0. The van der Waals surface area contributed by atoms with Crippen LogP contribution in [0.5, 0.6) is 0 Å². The van der Waals surface area contributed by atoms with Crippen LogP contribution in [0.1, 0.15) is 48.9 Å². The molecule has 7 heteroatoms. The van der Waals surface area contributed by atoms with Gasteiger partial charge in [0, 0.05) is 30.0 Å². The normalized spacial score (nSPS) is 22.6. The van der Waals surface area contributed by atoms with Crippen LogP contribution in [-0.4, -0.2) is 30.8 Å². The number of nitrogens with zero attached hydrogens (tertiary/aromatic N) is 2. The molecule has 34 heavy (non-hydrogen) atoms. The van der Waals surface area contributed by atoms with Crippen molar-refractivity contribution in [1.82, 2.24) is 5.43 Å². The molecule has 2 unspecified atom stereocenters. The average molecular weight is 459 g/mol. The fourth-order valence-electron chi connectivity index (χ4n) is 5.06. The number of rotatable bonds is 4. The smallest absolute Gasteiger partial charge is 0.255 e. The number of hydrogen-bond acceptors (Lipinski definition) is 4. The molecule has 5 rings (SSSR count). The highest BCUT2D eigenvalue weighted by Gasteiger charge is 2.42. The molecular weight excluding hydrogens is 428 g/mol. The molecule has 2 fully saturated rings. The molecule has 0 radical (unpaired) electrons. The van der Waals surface area contributed by atoms with Crippen LogP contribution in [0, 0.1) is 11.8 Å². The molecule has 0 bridgehead atoms. The molecule has 0 aromatic heterocycles. The van der Waals surface area contributed by atoms with Gasteiger partial charge >= 0.3 is 0 Å². The predicted molar refractivity (Wildman–Crippen MR) is 133 cm³/mol. The van der Waals surface area contributed by atoms with Crippen molar-refractivity contribution in [1.29, 1.82) is 0 Å². The summed E-state index contributed by atoms with van der Waals surface area (Å²) in [5, 5.41) is 4.23. The topological polar surface area (TPSA) is 81.8 Å². The summed E-state index contributed by atoms with van der Waals surface area (Å²) >= 11 is 0. The predicted octanol–water partition coefficient (Wildman–Crippen LogP) is 4.28. The van der Waals surface area contributed by atoms with Gasteiger partial charge in [0.15, 0.2) is 0 Å². The van der Waals surface area contributed by atoms with E-state index in [0.29, 0.717) is 29.8 Å². The van der Waals surface area contributed by atoms with E-state index in [-0.39, 0.29) is 29.6 Å². The van der Waals surface area contributed by atoms with Crippen molar-refractivity contribution >= 4 is 34.8 Å². The largest absolute Gasteiger partial charge is 0.372 e. The number of allylic oxidation sites excluding steroid dienone is 2. The molecule has 1 aliphatic carbocycles. The first kappa shape index (κ1) is 22.2. The lowest BCUT2D eigenvalue weighted by atomic mass is 9.80. The summed E-state index contributed by atoms with van der Waals surface area (Å²) in [4.78, 5) is 40.9. The Balaban J connectivity index is 1.28. The van der Waals surface area contributed by atoms with Crippen LogP contribution in [0.15, 0.2) is 60.7 Å². The molecule has 7 nitrogen and oxygen atoms in total. The Morgan fingerprint density at radius 1 is 0.853 bits per heavy atom. The Morgan fingerprint density at radius 2 is 1.56 bits per heavy atom. The third kappa shape index (κ3) is 4.55. The third-order valence-electron chi connectivity index (χ3n) is 6.99.